The van der Waals surface area contributed by atoms with Crippen molar-refractivity contribution < 1.29 is 19.4 Å². The summed E-state index contributed by atoms with van der Waals surface area (Å²) >= 11 is 0. The van der Waals surface area contributed by atoms with Crippen LogP contribution in [0.2, 0.25) is 0 Å². The third-order valence-electron chi connectivity index (χ3n) is 3.60. The van der Waals surface area contributed by atoms with E-state index in [0.717, 1.165) is 0 Å². The van der Waals surface area contributed by atoms with Crippen LogP contribution in [-0.2, 0) is 4.74 Å². The maximum atomic E-state index is 11.8. The Labute approximate surface area is 141 Å². The Balaban J connectivity index is 2.24. The Hall–Kier alpha value is -2.30. The summed E-state index contributed by atoms with van der Waals surface area (Å²) in [5, 5.41) is 19.7. The number of carbonyl (C=O) groups is 1. The first kappa shape index (κ1) is 18.0. The molecule has 0 saturated heterocycles. The molecule has 7 heteroatoms. The number of fused-ring (bicyclic) bond motifs is 1. The van der Waals surface area contributed by atoms with Crippen molar-refractivity contribution in [1.82, 2.24) is 10.9 Å². The molecule has 0 aromatic heterocycles. The summed E-state index contributed by atoms with van der Waals surface area (Å²) < 4.78 is 11.0. The predicted molar refractivity (Wildman–Crippen MR) is 87.1 cm³/mol. The quantitative estimate of drug-likeness (QED) is 0.717. The number of aliphatic hydroxyl groups excluding tert-OH is 1. The minimum absolute atomic E-state index is 0.438. The minimum Gasteiger partial charge on any atom is -0.485 e. The topological polar surface area (TPSA) is 104 Å². The van der Waals surface area contributed by atoms with Crippen molar-refractivity contribution in [2.45, 2.75) is 58.0 Å². The number of benzene rings is 1. The number of hydrazine groups is 1. The van der Waals surface area contributed by atoms with E-state index in [0.29, 0.717) is 16.9 Å². The largest absolute Gasteiger partial charge is 0.485 e. The minimum atomic E-state index is -0.950. The summed E-state index contributed by atoms with van der Waals surface area (Å²) in [7, 11) is 0. The highest BCUT2D eigenvalue weighted by molar-refractivity contribution is 5.67. The molecule has 7 nitrogen and oxygen atoms in total. The Bertz CT molecular complexity index is 673. The van der Waals surface area contributed by atoms with Crippen molar-refractivity contribution in [1.29, 1.82) is 5.26 Å². The van der Waals surface area contributed by atoms with E-state index < -0.39 is 29.4 Å². The summed E-state index contributed by atoms with van der Waals surface area (Å²) in [6, 6.07) is 6.36. The summed E-state index contributed by atoms with van der Waals surface area (Å²) in [4.78, 5) is 11.8. The molecule has 1 amide bonds. The summed E-state index contributed by atoms with van der Waals surface area (Å²) in [6.07, 6.45) is -1.61. The standard InChI is InChI=1S/C17H23N3O4/c1-16(2,3)24-15(22)20-19-13-11-8-10(9-18)6-7-12(11)23-17(4,5)14(13)21/h6-8,13-14,19,21H,1-5H3,(H,20,22). The van der Waals surface area contributed by atoms with Gasteiger partial charge in [0.1, 0.15) is 23.1 Å². The molecule has 1 aliphatic rings. The third-order valence-corrected chi connectivity index (χ3v) is 3.60. The van der Waals surface area contributed by atoms with E-state index in [4.69, 9.17) is 14.7 Å². The number of carbonyl (C=O) groups excluding carboxylic acids is 1. The second kappa shape index (κ2) is 6.30. The molecule has 0 spiro atoms. The third kappa shape index (κ3) is 3.96. The average molecular weight is 333 g/mol. The Morgan fingerprint density at radius 2 is 2.08 bits per heavy atom. The maximum Gasteiger partial charge on any atom is 0.422 e. The van der Waals surface area contributed by atoms with E-state index >= 15 is 0 Å². The Morgan fingerprint density at radius 3 is 2.67 bits per heavy atom. The number of rotatable bonds is 2. The van der Waals surface area contributed by atoms with Gasteiger partial charge in [0.25, 0.3) is 0 Å². The number of hydrogen-bond acceptors (Lipinski definition) is 6. The van der Waals surface area contributed by atoms with Crippen LogP contribution in [0.1, 0.15) is 51.8 Å². The van der Waals surface area contributed by atoms with Gasteiger partial charge in [0.05, 0.1) is 17.7 Å². The average Bonchev–Trinajstić information content (AvgIpc) is 2.45. The number of aliphatic hydroxyl groups is 1. The van der Waals surface area contributed by atoms with E-state index in [9.17, 15) is 9.90 Å². The van der Waals surface area contributed by atoms with E-state index in [-0.39, 0.29) is 0 Å². The molecule has 0 saturated carbocycles. The van der Waals surface area contributed by atoms with Crippen LogP contribution >= 0.6 is 0 Å². The molecule has 3 N–H and O–H groups in total. The molecule has 0 fully saturated rings. The van der Waals surface area contributed by atoms with E-state index in [2.05, 4.69) is 16.9 Å². The number of hydrogen-bond donors (Lipinski definition) is 3. The summed E-state index contributed by atoms with van der Waals surface area (Å²) in [6.45, 7) is 8.77. The molecule has 0 aliphatic carbocycles. The molecule has 1 aliphatic heterocycles. The SMILES string of the molecule is CC(C)(C)OC(=O)NNC1c2cc(C#N)ccc2OC(C)(C)C1O. The van der Waals surface area contributed by atoms with Gasteiger partial charge in [-0.1, -0.05) is 0 Å². The summed E-state index contributed by atoms with van der Waals surface area (Å²) in [5.41, 5.74) is 4.77. The fraction of sp³-hybridized carbons (Fsp3) is 0.529. The number of ether oxygens (including phenoxy) is 2. The van der Waals surface area contributed by atoms with Gasteiger partial charge in [-0.15, -0.1) is 0 Å². The highest BCUT2D eigenvalue weighted by atomic mass is 16.6. The molecule has 2 atom stereocenters. The van der Waals surface area contributed by atoms with Crippen LogP contribution in [0.3, 0.4) is 0 Å². The van der Waals surface area contributed by atoms with Crippen molar-refractivity contribution in [2.75, 3.05) is 0 Å². The lowest BCUT2D eigenvalue weighted by Gasteiger charge is -2.42. The van der Waals surface area contributed by atoms with Crippen LogP contribution in [-0.4, -0.2) is 28.5 Å². The molecule has 1 heterocycles. The van der Waals surface area contributed by atoms with E-state index in [1.807, 2.05) is 0 Å². The molecule has 2 rings (SSSR count). The van der Waals surface area contributed by atoms with Crippen LogP contribution < -0.4 is 15.6 Å². The zero-order chi connectivity index (χ0) is 18.1. The highest BCUT2D eigenvalue weighted by Gasteiger charge is 2.43. The monoisotopic (exact) mass is 333 g/mol. The number of nitrogens with one attached hydrogen (secondary N) is 2. The first-order chi connectivity index (χ1) is 11.0. The number of nitriles is 1. The Kier molecular flexibility index (Phi) is 4.74. The lowest BCUT2D eigenvalue weighted by atomic mass is 9.86. The molecule has 24 heavy (non-hydrogen) atoms. The molecule has 1 aromatic carbocycles. The smallest absolute Gasteiger partial charge is 0.422 e. The molecule has 0 bridgehead atoms. The fourth-order valence-electron chi connectivity index (χ4n) is 2.47. The van der Waals surface area contributed by atoms with Gasteiger partial charge in [-0.05, 0) is 52.8 Å². The van der Waals surface area contributed by atoms with E-state index in [1.165, 1.54) is 0 Å². The van der Waals surface area contributed by atoms with Gasteiger partial charge in [-0.25, -0.2) is 10.2 Å². The van der Waals surface area contributed by atoms with Gasteiger partial charge in [0.2, 0.25) is 0 Å². The van der Waals surface area contributed by atoms with Gasteiger partial charge >= 0.3 is 6.09 Å². The zero-order valence-corrected chi connectivity index (χ0v) is 14.5. The molecular formula is C17H23N3O4. The van der Waals surface area contributed by atoms with Gasteiger partial charge < -0.3 is 14.6 Å². The lowest BCUT2D eigenvalue weighted by Crippen LogP contribution is -2.56. The zero-order valence-electron chi connectivity index (χ0n) is 14.5. The number of amides is 1. The first-order valence-electron chi connectivity index (χ1n) is 7.69. The van der Waals surface area contributed by atoms with Crippen LogP contribution in [0.25, 0.3) is 0 Å². The van der Waals surface area contributed by atoms with Gasteiger partial charge in [0, 0.05) is 5.56 Å². The van der Waals surface area contributed by atoms with Crippen LogP contribution in [0.5, 0.6) is 5.75 Å². The van der Waals surface area contributed by atoms with Gasteiger partial charge in [0.15, 0.2) is 0 Å². The van der Waals surface area contributed by atoms with Gasteiger partial charge in [-0.2, -0.15) is 5.26 Å². The number of nitrogens with zero attached hydrogens (tertiary/aromatic N) is 1. The van der Waals surface area contributed by atoms with Crippen LogP contribution in [0.15, 0.2) is 18.2 Å². The maximum absolute atomic E-state index is 11.8. The van der Waals surface area contributed by atoms with Crippen molar-refractivity contribution in [3.05, 3.63) is 29.3 Å². The lowest BCUT2D eigenvalue weighted by molar-refractivity contribution is -0.0674. The van der Waals surface area contributed by atoms with Crippen molar-refractivity contribution in [2.24, 2.45) is 0 Å². The van der Waals surface area contributed by atoms with Crippen molar-refractivity contribution >= 4 is 6.09 Å². The normalized spacial score (nSPS) is 21.9. The second-order valence-corrected chi connectivity index (χ2v) is 7.26. The van der Waals surface area contributed by atoms with Crippen molar-refractivity contribution in [3.8, 4) is 11.8 Å². The van der Waals surface area contributed by atoms with Crippen LogP contribution in [0, 0.1) is 11.3 Å². The molecular weight excluding hydrogens is 310 g/mol. The van der Waals surface area contributed by atoms with E-state index in [1.54, 1.807) is 52.8 Å². The fourth-order valence-corrected chi connectivity index (χ4v) is 2.47. The molecule has 2 unspecified atom stereocenters. The first-order valence-corrected chi connectivity index (χ1v) is 7.69. The Morgan fingerprint density at radius 1 is 1.42 bits per heavy atom. The molecule has 0 radical (unpaired) electrons. The molecule has 1 aromatic rings. The van der Waals surface area contributed by atoms with Crippen LogP contribution in [0.4, 0.5) is 4.79 Å². The predicted octanol–water partition coefficient (Wildman–Crippen LogP) is 2.16. The second-order valence-electron chi connectivity index (χ2n) is 7.26. The highest BCUT2D eigenvalue weighted by Crippen LogP contribution is 2.39. The van der Waals surface area contributed by atoms with Gasteiger partial charge in [-0.3, -0.25) is 5.43 Å². The molecule has 130 valence electrons. The summed E-state index contributed by atoms with van der Waals surface area (Å²) in [5.74, 6) is 0.549. The van der Waals surface area contributed by atoms with Crippen molar-refractivity contribution in [3.63, 3.8) is 0 Å².